The summed E-state index contributed by atoms with van der Waals surface area (Å²) in [6.07, 6.45) is 3.96. The van der Waals surface area contributed by atoms with Crippen LogP contribution in [0.2, 0.25) is 0 Å². The van der Waals surface area contributed by atoms with E-state index in [9.17, 15) is 4.79 Å². The lowest BCUT2D eigenvalue weighted by atomic mass is 9.94. The maximum atomic E-state index is 15.6. The Bertz CT molecular complexity index is 934. The van der Waals surface area contributed by atoms with Gasteiger partial charge in [0, 0.05) is 31.0 Å². The van der Waals surface area contributed by atoms with E-state index in [1.54, 1.807) is 24.5 Å². The third-order valence-corrected chi connectivity index (χ3v) is 4.75. The second-order valence-corrected chi connectivity index (χ2v) is 6.80. The molecular formula is C20H20FN5O2. The van der Waals surface area contributed by atoms with Gasteiger partial charge in [-0.05, 0) is 30.5 Å². The van der Waals surface area contributed by atoms with Gasteiger partial charge in [-0.25, -0.2) is 9.18 Å². The number of pyridine rings is 1. The number of urea groups is 1. The molecule has 7 nitrogen and oxygen atoms in total. The Balaban J connectivity index is 1.44. The lowest BCUT2D eigenvalue weighted by molar-refractivity contribution is 0.0306. The second kappa shape index (κ2) is 7.75. The van der Waals surface area contributed by atoms with Gasteiger partial charge in [0.25, 0.3) is 5.89 Å². The van der Waals surface area contributed by atoms with Crippen molar-refractivity contribution in [2.24, 2.45) is 0 Å². The van der Waals surface area contributed by atoms with Crippen molar-refractivity contribution in [1.82, 2.24) is 25.3 Å². The zero-order chi connectivity index (χ0) is 19.4. The number of hydrogen-bond acceptors (Lipinski definition) is 5. The van der Waals surface area contributed by atoms with Gasteiger partial charge < -0.3 is 14.7 Å². The summed E-state index contributed by atoms with van der Waals surface area (Å²) in [6, 6.07) is 12.8. The molecule has 8 heteroatoms. The van der Waals surface area contributed by atoms with Gasteiger partial charge in [0.2, 0.25) is 11.5 Å². The zero-order valence-corrected chi connectivity index (χ0v) is 15.2. The van der Waals surface area contributed by atoms with Crippen LogP contribution in [0.1, 0.15) is 24.3 Å². The molecule has 0 bridgehead atoms. The lowest BCUT2D eigenvalue weighted by Crippen LogP contribution is -2.50. The predicted octanol–water partition coefficient (Wildman–Crippen LogP) is 3.30. The maximum Gasteiger partial charge on any atom is 0.317 e. The van der Waals surface area contributed by atoms with Crippen LogP contribution in [-0.4, -0.2) is 39.1 Å². The fourth-order valence-corrected chi connectivity index (χ4v) is 3.26. The monoisotopic (exact) mass is 381 g/mol. The van der Waals surface area contributed by atoms with Crippen LogP contribution in [0.5, 0.6) is 0 Å². The molecule has 2 amide bonds. The minimum Gasteiger partial charge on any atom is -0.335 e. The van der Waals surface area contributed by atoms with Crippen molar-refractivity contribution in [3.63, 3.8) is 0 Å². The molecule has 0 aliphatic carbocycles. The zero-order valence-electron chi connectivity index (χ0n) is 15.2. The standard InChI is InChI=1S/C20H20FN5O2/c21-20(18-24-17(25-28-18)16-8-4-10-22-13-16)9-5-11-26(14-20)19(27)23-12-15-6-2-1-3-7-15/h1-4,6-8,10,13H,5,9,11-12,14H2,(H,23,27). The Morgan fingerprint density at radius 3 is 2.89 bits per heavy atom. The number of carbonyl (C=O) groups excluding carboxylic acids is 1. The van der Waals surface area contributed by atoms with E-state index in [0.29, 0.717) is 25.1 Å². The van der Waals surface area contributed by atoms with Crippen LogP contribution >= 0.6 is 0 Å². The fraction of sp³-hybridized carbons (Fsp3) is 0.300. The summed E-state index contributed by atoms with van der Waals surface area (Å²) in [6.45, 7) is 0.749. The van der Waals surface area contributed by atoms with Gasteiger partial charge in [-0.15, -0.1) is 0 Å². The molecule has 1 aliphatic rings. The van der Waals surface area contributed by atoms with Gasteiger partial charge in [-0.2, -0.15) is 4.98 Å². The number of piperidine rings is 1. The highest BCUT2D eigenvalue weighted by molar-refractivity contribution is 5.74. The minimum absolute atomic E-state index is 0.105. The fourth-order valence-electron chi connectivity index (χ4n) is 3.26. The first kappa shape index (κ1) is 18.1. The molecule has 0 saturated carbocycles. The summed E-state index contributed by atoms with van der Waals surface area (Å²) >= 11 is 0. The van der Waals surface area contributed by atoms with Gasteiger partial charge >= 0.3 is 6.03 Å². The Kier molecular flexibility index (Phi) is 5.01. The molecular weight excluding hydrogens is 361 g/mol. The largest absolute Gasteiger partial charge is 0.335 e. The summed E-state index contributed by atoms with van der Waals surface area (Å²) in [5.74, 6) is 0.178. The lowest BCUT2D eigenvalue weighted by Gasteiger charge is -2.35. The molecule has 1 aliphatic heterocycles. The quantitative estimate of drug-likeness (QED) is 0.750. The number of likely N-dealkylation sites (tertiary alicyclic amines) is 1. The van der Waals surface area contributed by atoms with Crippen LogP contribution in [0, 0.1) is 0 Å². The van der Waals surface area contributed by atoms with E-state index in [1.165, 1.54) is 4.90 Å². The third-order valence-electron chi connectivity index (χ3n) is 4.75. The maximum absolute atomic E-state index is 15.6. The molecule has 1 atom stereocenters. The summed E-state index contributed by atoms with van der Waals surface area (Å²) in [5, 5.41) is 6.70. The van der Waals surface area contributed by atoms with Crippen LogP contribution in [0.25, 0.3) is 11.4 Å². The Labute approximate surface area is 161 Å². The first-order valence-electron chi connectivity index (χ1n) is 9.14. The highest BCUT2D eigenvalue weighted by Crippen LogP contribution is 2.35. The summed E-state index contributed by atoms with van der Waals surface area (Å²) in [4.78, 5) is 22.2. The number of alkyl halides is 1. The number of nitrogens with zero attached hydrogens (tertiary/aromatic N) is 4. The summed E-state index contributed by atoms with van der Waals surface area (Å²) in [5.41, 5.74) is -0.234. The van der Waals surface area contributed by atoms with Crippen LogP contribution < -0.4 is 5.32 Å². The van der Waals surface area contributed by atoms with Gasteiger partial charge in [0.1, 0.15) is 0 Å². The minimum atomic E-state index is -1.87. The van der Waals surface area contributed by atoms with Gasteiger partial charge in [-0.3, -0.25) is 4.98 Å². The van der Waals surface area contributed by atoms with E-state index in [-0.39, 0.29) is 30.7 Å². The SMILES string of the molecule is O=C(NCc1ccccc1)N1CCCC(F)(c2nc(-c3cccnc3)no2)C1. The van der Waals surface area contributed by atoms with Crippen molar-refractivity contribution in [1.29, 1.82) is 0 Å². The van der Waals surface area contributed by atoms with E-state index in [0.717, 1.165) is 5.56 Å². The Morgan fingerprint density at radius 1 is 1.25 bits per heavy atom. The molecule has 0 spiro atoms. The average Bonchev–Trinajstić information content (AvgIpc) is 3.25. The second-order valence-electron chi connectivity index (χ2n) is 6.80. The molecule has 1 N–H and O–H groups in total. The molecule has 1 aromatic carbocycles. The smallest absolute Gasteiger partial charge is 0.317 e. The number of rotatable bonds is 4. The van der Waals surface area contributed by atoms with E-state index in [4.69, 9.17) is 4.52 Å². The summed E-state index contributed by atoms with van der Waals surface area (Å²) < 4.78 is 20.8. The van der Waals surface area contributed by atoms with E-state index < -0.39 is 5.67 Å². The van der Waals surface area contributed by atoms with Crippen LogP contribution in [0.15, 0.2) is 59.4 Å². The van der Waals surface area contributed by atoms with Crippen molar-refractivity contribution in [3.8, 4) is 11.4 Å². The highest BCUT2D eigenvalue weighted by atomic mass is 19.1. The average molecular weight is 381 g/mol. The number of aromatic nitrogens is 3. The van der Waals surface area contributed by atoms with Crippen molar-refractivity contribution in [2.45, 2.75) is 25.1 Å². The van der Waals surface area contributed by atoms with Crippen LogP contribution in [-0.2, 0) is 12.2 Å². The first-order chi connectivity index (χ1) is 13.6. The van der Waals surface area contributed by atoms with Crippen molar-refractivity contribution >= 4 is 6.03 Å². The van der Waals surface area contributed by atoms with Crippen LogP contribution in [0.4, 0.5) is 9.18 Å². The van der Waals surface area contributed by atoms with E-state index in [2.05, 4.69) is 20.4 Å². The predicted molar refractivity (Wildman–Crippen MR) is 99.8 cm³/mol. The number of benzene rings is 1. The number of hydrogen-bond donors (Lipinski definition) is 1. The summed E-state index contributed by atoms with van der Waals surface area (Å²) in [7, 11) is 0. The normalized spacial score (nSPS) is 19.4. The Hall–Kier alpha value is -3.29. The Morgan fingerprint density at radius 2 is 2.11 bits per heavy atom. The van der Waals surface area contributed by atoms with Crippen molar-refractivity contribution < 1.29 is 13.7 Å². The molecule has 1 unspecified atom stereocenters. The molecule has 1 saturated heterocycles. The number of nitrogens with one attached hydrogen (secondary N) is 1. The topological polar surface area (TPSA) is 84.2 Å². The molecule has 4 rings (SSSR count). The van der Waals surface area contributed by atoms with Crippen LogP contribution in [0.3, 0.4) is 0 Å². The highest BCUT2D eigenvalue weighted by Gasteiger charge is 2.43. The molecule has 28 heavy (non-hydrogen) atoms. The van der Waals surface area contributed by atoms with E-state index >= 15 is 4.39 Å². The molecule has 3 aromatic rings. The number of amides is 2. The third kappa shape index (κ3) is 3.85. The number of carbonyl (C=O) groups is 1. The van der Waals surface area contributed by atoms with Gasteiger partial charge in [-0.1, -0.05) is 35.5 Å². The molecule has 1 fully saturated rings. The molecule has 144 valence electrons. The van der Waals surface area contributed by atoms with E-state index in [1.807, 2.05) is 30.3 Å². The first-order valence-corrected chi connectivity index (χ1v) is 9.14. The molecule has 2 aromatic heterocycles. The molecule has 0 radical (unpaired) electrons. The number of halogens is 1. The molecule has 3 heterocycles. The van der Waals surface area contributed by atoms with Gasteiger partial charge in [0.05, 0.1) is 6.54 Å². The van der Waals surface area contributed by atoms with Gasteiger partial charge in [0.15, 0.2) is 0 Å². The van der Waals surface area contributed by atoms with Crippen molar-refractivity contribution in [3.05, 3.63) is 66.3 Å². The van der Waals surface area contributed by atoms with Crippen molar-refractivity contribution in [2.75, 3.05) is 13.1 Å².